The third kappa shape index (κ3) is 4.92. The first-order valence-electron chi connectivity index (χ1n) is 7.09. The third-order valence-corrected chi connectivity index (χ3v) is 3.92. The number of hydrogen-bond donors (Lipinski definition) is 1. The lowest BCUT2D eigenvalue weighted by Gasteiger charge is -2.22. The fraction of sp³-hybridized carbons (Fsp3) is 0.294. The van der Waals surface area contributed by atoms with Crippen molar-refractivity contribution in [3.63, 3.8) is 0 Å². The van der Waals surface area contributed by atoms with Gasteiger partial charge in [-0.1, -0.05) is 48.3 Å². The Hall–Kier alpha value is -1.22. The predicted molar refractivity (Wildman–Crippen MR) is 91.7 cm³/mol. The third-order valence-electron chi connectivity index (χ3n) is 3.33. The number of rotatable bonds is 6. The number of halogens is 2. The van der Waals surface area contributed by atoms with Crippen LogP contribution in [0.2, 0.25) is 10.0 Å². The number of anilines is 1. The van der Waals surface area contributed by atoms with Crippen LogP contribution in [0.3, 0.4) is 0 Å². The molecule has 0 aliphatic carbocycles. The zero-order valence-electron chi connectivity index (χ0n) is 12.2. The van der Waals surface area contributed by atoms with E-state index in [0.29, 0.717) is 5.02 Å². The van der Waals surface area contributed by atoms with Crippen LogP contribution in [0.5, 0.6) is 0 Å². The second-order valence-electron chi connectivity index (χ2n) is 5.19. The van der Waals surface area contributed by atoms with Crippen LogP contribution in [0, 0.1) is 0 Å². The van der Waals surface area contributed by atoms with Crippen LogP contribution in [-0.4, -0.2) is 11.4 Å². The van der Waals surface area contributed by atoms with Gasteiger partial charge >= 0.3 is 0 Å². The van der Waals surface area contributed by atoms with Gasteiger partial charge in [0.2, 0.25) is 0 Å². The monoisotopic (exact) mass is 322 g/mol. The first-order valence-corrected chi connectivity index (χ1v) is 7.84. The van der Waals surface area contributed by atoms with Gasteiger partial charge < -0.3 is 5.73 Å². The molecule has 2 aromatic carbocycles. The summed E-state index contributed by atoms with van der Waals surface area (Å²) in [6.45, 7) is 4.89. The summed E-state index contributed by atoms with van der Waals surface area (Å²) in [5.41, 5.74) is 8.88. The molecule has 0 aromatic heterocycles. The van der Waals surface area contributed by atoms with Gasteiger partial charge in [0.05, 0.1) is 0 Å². The molecule has 0 saturated heterocycles. The Labute approximate surface area is 136 Å². The number of nitrogens with zero attached hydrogens (tertiary/aromatic N) is 1. The standard InChI is InChI=1S/C17H20Cl2N2/c1-2-9-21(11-13-3-7-16(20)8-4-13)12-14-5-6-15(18)10-17(14)19/h3-8,10H,2,9,11-12,20H2,1H3. The Morgan fingerprint density at radius 2 is 1.71 bits per heavy atom. The molecule has 0 aliphatic rings. The highest BCUT2D eigenvalue weighted by Crippen LogP contribution is 2.23. The summed E-state index contributed by atoms with van der Waals surface area (Å²) < 4.78 is 0. The van der Waals surface area contributed by atoms with Gasteiger partial charge in [-0.3, -0.25) is 4.90 Å². The lowest BCUT2D eigenvalue weighted by Crippen LogP contribution is -2.23. The molecule has 0 unspecified atom stereocenters. The van der Waals surface area contributed by atoms with Crippen LogP contribution in [0.25, 0.3) is 0 Å². The zero-order valence-corrected chi connectivity index (χ0v) is 13.7. The van der Waals surface area contributed by atoms with Crippen molar-refractivity contribution in [3.05, 3.63) is 63.6 Å². The normalized spacial score (nSPS) is 11.0. The average molecular weight is 323 g/mol. The van der Waals surface area contributed by atoms with E-state index in [2.05, 4.69) is 24.0 Å². The molecule has 0 fully saturated rings. The van der Waals surface area contributed by atoms with Crippen molar-refractivity contribution in [2.75, 3.05) is 12.3 Å². The summed E-state index contributed by atoms with van der Waals surface area (Å²) in [5, 5.41) is 1.39. The van der Waals surface area contributed by atoms with Crippen molar-refractivity contribution < 1.29 is 0 Å². The quantitative estimate of drug-likeness (QED) is 0.759. The number of benzene rings is 2. The minimum Gasteiger partial charge on any atom is -0.399 e. The van der Waals surface area contributed by atoms with Crippen LogP contribution in [0.4, 0.5) is 5.69 Å². The van der Waals surface area contributed by atoms with Crippen LogP contribution in [0.1, 0.15) is 24.5 Å². The summed E-state index contributed by atoms with van der Waals surface area (Å²) in [5.74, 6) is 0. The minimum atomic E-state index is 0.671. The van der Waals surface area contributed by atoms with Crippen molar-refractivity contribution in [2.24, 2.45) is 0 Å². The maximum atomic E-state index is 6.27. The van der Waals surface area contributed by atoms with E-state index in [1.165, 1.54) is 5.56 Å². The molecule has 0 amide bonds. The van der Waals surface area contributed by atoms with Crippen molar-refractivity contribution >= 4 is 28.9 Å². The van der Waals surface area contributed by atoms with E-state index in [0.717, 1.165) is 42.3 Å². The van der Waals surface area contributed by atoms with Gasteiger partial charge in [0.15, 0.2) is 0 Å². The Morgan fingerprint density at radius 1 is 1.00 bits per heavy atom. The van der Waals surface area contributed by atoms with Gasteiger partial charge in [-0.25, -0.2) is 0 Å². The number of nitrogens with two attached hydrogens (primary N) is 1. The molecule has 2 nitrogen and oxygen atoms in total. The van der Waals surface area contributed by atoms with Gasteiger partial charge in [0.1, 0.15) is 0 Å². The highest BCUT2D eigenvalue weighted by atomic mass is 35.5. The van der Waals surface area contributed by atoms with E-state index >= 15 is 0 Å². The molecule has 112 valence electrons. The molecule has 2 N–H and O–H groups in total. The molecule has 0 aliphatic heterocycles. The average Bonchev–Trinajstić information content (AvgIpc) is 2.44. The van der Waals surface area contributed by atoms with Gasteiger partial charge in [-0.05, 0) is 48.4 Å². The summed E-state index contributed by atoms with van der Waals surface area (Å²) in [6.07, 6.45) is 1.10. The van der Waals surface area contributed by atoms with Crippen LogP contribution in [-0.2, 0) is 13.1 Å². The van der Waals surface area contributed by atoms with Crippen LogP contribution < -0.4 is 5.73 Å². The van der Waals surface area contributed by atoms with E-state index in [-0.39, 0.29) is 0 Å². The largest absolute Gasteiger partial charge is 0.399 e. The number of nitrogen functional groups attached to an aromatic ring is 1. The summed E-state index contributed by atoms with van der Waals surface area (Å²) in [6, 6.07) is 13.7. The highest BCUT2D eigenvalue weighted by molar-refractivity contribution is 6.35. The van der Waals surface area contributed by atoms with Crippen LogP contribution in [0.15, 0.2) is 42.5 Å². The minimum absolute atomic E-state index is 0.671. The first kappa shape index (κ1) is 16.2. The summed E-state index contributed by atoms with van der Waals surface area (Å²) in [7, 11) is 0. The second-order valence-corrected chi connectivity index (χ2v) is 6.03. The summed E-state index contributed by atoms with van der Waals surface area (Å²) >= 11 is 12.2. The van der Waals surface area contributed by atoms with E-state index in [1.807, 2.05) is 24.3 Å². The van der Waals surface area contributed by atoms with Gasteiger partial charge in [-0.15, -0.1) is 0 Å². The van der Waals surface area contributed by atoms with Crippen molar-refractivity contribution in [1.29, 1.82) is 0 Å². The molecule has 2 rings (SSSR count). The molecule has 0 heterocycles. The molecule has 4 heteroatoms. The molecule has 2 aromatic rings. The predicted octanol–water partition coefficient (Wildman–Crippen LogP) is 4.99. The Morgan fingerprint density at radius 3 is 2.33 bits per heavy atom. The Bertz CT molecular complexity index is 582. The van der Waals surface area contributed by atoms with E-state index in [1.54, 1.807) is 6.07 Å². The number of hydrogen-bond acceptors (Lipinski definition) is 2. The smallest absolute Gasteiger partial charge is 0.0465 e. The lowest BCUT2D eigenvalue weighted by molar-refractivity contribution is 0.257. The van der Waals surface area contributed by atoms with Crippen molar-refractivity contribution in [2.45, 2.75) is 26.4 Å². The van der Waals surface area contributed by atoms with E-state index in [4.69, 9.17) is 28.9 Å². The van der Waals surface area contributed by atoms with Crippen molar-refractivity contribution in [1.82, 2.24) is 4.90 Å². The van der Waals surface area contributed by atoms with Gasteiger partial charge in [0.25, 0.3) is 0 Å². The molecule has 0 bridgehead atoms. The molecule has 0 atom stereocenters. The maximum Gasteiger partial charge on any atom is 0.0465 e. The molecule has 0 radical (unpaired) electrons. The fourth-order valence-electron chi connectivity index (χ4n) is 2.30. The Balaban J connectivity index is 2.09. The fourth-order valence-corrected chi connectivity index (χ4v) is 2.77. The van der Waals surface area contributed by atoms with Gasteiger partial charge in [-0.2, -0.15) is 0 Å². The molecule has 0 saturated carbocycles. The van der Waals surface area contributed by atoms with Crippen molar-refractivity contribution in [3.8, 4) is 0 Å². The van der Waals surface area contributed by atoms with Crippen LogP contribution >= 0.6 is 23.2 Å². The maximum absolute atomic E-state index is 6.27. The second kappa shape index (κ2) is 7.69. The Kier molecular flexibility index (Phi) is 5.92. The zero-order chi connectivity index (χ0) is 15.2. The SMILES string of the molecule is CCCN(Cc1ccc(N)cc1)Cc1ccc(Cl)cc1Cl. The van der Waals surface area contributed by atoms with E-state index < -0.39 is 0 Å². The molecular weight excluding hydrogens is 303 g/mol. The summed E-state index contributed by atoms with van der Waals surface area (Å²) in [4.78, 5) is 2.38. The topological polar surface area (TPSA) is 29.3 Å². The van der Waals surface area contributed by atoms with E-state index in [9.17, 15) is 0 Å². The molecule has 0 spiro atoms. The van der Waals surface area contributed by atoms with Gasteiger partial charge in [0, 0.05) is 28.8 Å². The molecular formula is C17H20Cl2N2. The molecule has 21 heavy (non-hydrogen) atoms. The first-order chi connectivity index (χ1) is 10.1. The highest BCUT2D eigenvalue weighted by Gasteiger charge is 2.09. The lowest BCUT2D eigenvalue weighted by atomic mass is 10.1.